The number of hydrogen-bond donors (Lipinski definition) is 1. The molecule has 2 aliphatic rings. The van der Waals surface area contributed by atoms with E-state index < -0.39 is 11.9 Å². The highest BCUT2D eigenvalue weighted by atomic mass is 16.5. The van der Waals surface area contributed by atoms with Crippen LogP contribution in [0.4, 0.5) is 0 Å². The highest BCUT2D eigenvalue weighted by molar-refractivity contribution is 5.99. The van der Waals surface area contributed by atoms with E-state index in [1.807, 2.05) is 59.5 Å². The Hall–Kier alpha value is -4.47. The van der Waals surface area contributed by atoms with Crippen molar-refractivity contribution in [3.05, 3.63) is 108 Å². The first kappa shape index (κ1) is 29.6. The van der Waals surface area contributed by atoms with E-state index in [1.165, 1.54) is 5.56 Å². The first-order valence-corrected chi connectivity index (χ1v) is 15.3. The lowest BCUT2D eigenvalue weighted by Crippen LogP contribution is -2.60. The summed E-state index contributed by atoms with van der Waals surface area (Å²) in [4.78, 5) is 47.2. The second-order valence-electron chi connectivity index (χ2n) is 11.5. The molecule has 2 saturated heterocycles. The fourth-order valence-electron chi connectivity index (χ4n) is 6.10. The van der Waals surface area contributed by atoms with Crippen LogP contribution in [-0.4, -0.2) is 90.4 Å². The summed E-state index contributed by atoms with van der Waals surface area (Å²) < 4.78 is 11.2. The van der Waals surface area contributed by atoms with Crippen LogP contribution in [-0.2, 0) is 27.3 Å². The number of piperazine rings is 1. The van der Waals surface area contributed by atoms with E-state index in [1.54, 1.807) is 17.0 Å². The summed E-state index contributed by atoms with van der Waals surface area (Å²) in [7, 11) is 0. The van der Waals surface area contributed by atoms with Crippen molar-refractivity contribution < 1.29 is 23.5 Å². The van der Waals surface area contributed by atoms with Crippen molar-refractivity contribution in [3.8, 4) is 0 Å². The Kier molecular flexibility index (Phi) is 9.34. The van der Waals surface area contributed by atoms with Crippen molar-refractivity contribution in [1.29, 1.82) is 0 Å². The number of carbonyl (C=O) groups is 3. The Balaban J connectivity index is 1.24. The molecular weight excluding hydrogens is 556 g/mol. The molecule has 0 unspecified atom stereocenters. The number of fused-ring (bicyclic) bond motifs is 1. The number of hydrogen-bond acceptors (Lipinski definition) is 6. The number of nitrogens with zero attached hydrogens (tertiary/aromatic N) is 3. The van der Waals surface area contributed by atoms with Crippen LogP contribution < -0.4 is 5.32 Å². The molecule has 4 aromatic rings. The minimum atomic E-state index is -1.04. The van der Waals surface area contributed by atoms with Gasteiger partial charge in [0.05, 0.1) is 19.6 Å². The first-order chi connectivity index (χ1) is 21.5. The Morgan fingerprint density at radius 2 is 1.50 bits per heavy atom. The van der Waals surface area contributed by atoms with Gasteiger partial charge in [0.1, 0.15) is 11.6 Å². The lowest BCUT2D eigenvalue weighted by atomic mass is 9.99. The van der Waals surface area contributed by atoms with Gasteiger partial charge in [0.2, 0.25) is 11.8 Å². The fourth-order valence-corrected chi connectivity index (χ4v) is 6.10. The third-order valence-corrected chi connectivity index (χ3v) is 8.41. The third-order valence-electron chi connectivity index (χ3n) is 8.41. The van der Waals surface area contributed by atoms with Crippen LogP contribution in [0.3, 0.4) is 0 Å². The number of furan rings is 1. The monoisotopic (exact) mass is 594 g/mol. The maximum absolute atomic E-state index is 14.4. The van der Waals surface area contributed by atoms with Crippen molar-refractivity contribution in [2.24, 2.45) is 0 Å². The topological polar surface area (TPSA) is 95.3 Å². The summed E-state index contributed by atoms with van der Waals surface area (Å²) in [6, 6.07) is 28.3. The normalized spacial score (nSPS) is 18.2. The summed E-state index contributed by atoms with van der Waals surface area (Å²) >= 11 is 0. The summed E-state index contributed by atoms with van der Waals surface area (Å²) in [6.45, 7) is 4.49. The Morgan fingerprint density at radius 3 is 2.23 bits per heavy atom. The first-order valence-electron chi connectivity index (χ1n) is 15.3. The van der Waals surface area contributed by atoms with Gasteiger partial charge in [0, 0.05) is 50.7 Å². The van der Waals surface area contributed by atoms with Crippen LogP contribution in [0.2, 0.25) is 0 Å². The average Bonchev–Trinajstić information content (AvgIpc) is 3.50. The summed E-state index contributed by atoms with van der Waals surface area (Å²) in [5.41, 5.74) is 2.93. The second-order valence-corrected chi connectivity index (χ2v) is 11.5. The van der Waals surface area contributed by atoms with Crippen LogP contribution in [0.25, 0.3) is 11.0 Å². The van der Waals surface area contributed by atoms with Gasteiger partial charge >= 0.3 is 0 Å². The standard InChI is InChI=1S/C35H38N4O5/c40-33(38-17-19-43-20-18-38)23-30(36-34(41)32-22-28-13-7-8-14-31(28)44-32)35(42)39-16-15-37(24-27-11-5-2-6-12-27)25-29(39)21-26-9-3-1-4-10-26/h1-14,22,29-30H,15-21,23-25H2,(H,36,41)/t29-,30-/m0/s1. The van der Waals surface area contributed by atoms with Gasteiger partial charge in [0.25, 0.3) is 5.91 Å². The molecule has 1 aromatic heterocycles. The van der Waals surface area contributed by atoms with Gasteiger partial charge in [-0.3, -0.25) is 19.3 Å². The van der Waals surface area contributed by atoms with Crippen LogP contribution in [0.1, 0.15) is 28.1 Å². The number of rotatable bonds is 9. The summed E-state index contributed by atoms with van der Waals surface area (Å²) in [6.07, 6.45) is 0.534. The fraction of sp³-hybridized carbons (Fsp3) is 0.343. The molecule has 9 heteroatoms. The average molecular weight is 595 g/mol. The van der Waals surface area contributed by atoms with Crippen LogP contribution >= 0.6 is 0 Å². The van der Waals surface area contributed by atoms with Gasteiger partial charge in [-0.2, -0.15) is 0 Å². The molecule has 3 amide bonds. The molecule has 228 valence electrons. The molecular formula is C35H38N4O5. The Morgan fingerprint density at radius 1 is 0.818 bits per heavy atom. The number of carbonyl (C=O) groups excluding carboxylic acids is 3. The lowest BCUT2D eigenvalue weighted by molar-refractivity contribution is -0.143. The minimum absolute atomic E-state index is 0.108. The van der Waals surface area contributed by atoms with Crippen molar-refractivity contribution in [2.45, 2.75) is 31.5 Å². The summed E-state index contributed by atoms with van der Waals surface area (Å²) in [5.74, 6) is -0.844. The van der Waals surface area contributed by atoms with E-state index in [9.17, 15) is 14.4 Å². The molecule has 0 bridgehead atoms. The molecule has 0 radical (unpaired) electrons. The van der Waals surface area contributed by atoms with Crippen molar-refractivity contribution in [1.82, 2.24) is 20.0 Å². The zero-order valence-corrected chi connectivity index (χ0v) is 24.8. The second kappa shape index (κ2) is 13.9. The maximum Gasteiger partial charge on any atom is 0.287 e. The number of amides is 3. The largest absolute Gasteiger partial charge is 0.451 e. The molecule has 3 heterocycles. The van der Waals surface area contributed by atoms with E-state index in [0.29, 0.717) is 57.9 Å². The number of morpholine rings is 1. The molecule has 9 nitrogen and oxygen atoms in total. The van der Waals surface area contributed by atoms with Crippen LogP contribution in [0, 0.1) is 0 Å². The highest BCUT2D eigenvalue weighted by Gasteiger charge is 2.37. The van der Waals surface area contributed by atoms with Gasteiger partial charge < -0.3 is 24.3 Å². The molecule has 2 fully saturated rings. The molecule has 6 rings (SSSR count). The molecule has 3 aromatic carbocycles. The third kappa shape index (κ3) is 7.18. The summed E-state index contributed by atoms with van der Waals surface area (Å²) in [5, 5.41) is 3.67. The molecule has 2 aliphatic heterocycles. The van der Waals surface area contributed by atoms with E-state index in [4.69, 9.17) is 9.15 Å². The van der Waals surface area contributed by atoms with Gasteiger partial charge in [-0.1, -0.05) is 78.9 Å². The minimum Gasteiger partial charge on any atom is -0.451 e. The lowest BCUT2D eigenvalue weighted by Gasteiger charge is -2.43. The van der Waals surface area contributed by atoms with E-state index in [2.05, 4.69) is 34.5 Å². The zero-order valence-electron chi connectivity index (χ0n) is 24.8. The SMILES string of the molecule is O=C(N[C@@H](CC(=O)N1CCOCC1)C(=O)N1CCN(Cc2ccccc2)C[C@@H]1Cc1ccccc1)c1cc2ccccc2o1. The molecule has 0 spiro atoms. The number of benzene rings is 3. The van der Waals surface area contributed by atoms with Gasteiger partial charge in [0.15, 0.2) is 5.76 Å². The number of ether oxygens (including phenoxy) is 1. The smallest absolute Gasteiger partial charge is 0.287 e. The van der Waals surface area contributed by atoms with E-state index in [-0.39, 0.29) is 30.0 Å². The van der Waals surface area contributed by atoms with Gasteiger partial charge in [-0.05, 0) is 29.7 Å². The predicted molar refractivity (Wildman–Crippen MR) is 167 cm³/mol. The molecule has 0 saturated carbocycles. The zero-order chi connectivity index (χ0) is 30.3. The van der Waals surface area contributed by atoms with E-state index in [0.717, 1.165) is 17.5 Å². The number of para-hydroxylation sites is 1. The molecule has 44 heavy (non-hydrogen) atoms. The Labute approximate surface area is 257 Å². The van der Waals surface area contributed by atoms with Crippen LogP contribution in [0.5, 0.6) is 0 Å². The quantitative estimate of drug-likeness (QED) is 0.317. The van der Waals surface area contributed by atoms with Crippen LogP contribution in [0.15, 0.2) is 95.4 Å². The van der Waals surface area contributed by atoms with Gasteiger partial charge in [-0.25, -0.2) is 0 Å². The maximum atomic E-state index is 14.4. The molecule has 0 aliphatic carbocycles. The van der Waals surface area contributed by atoms with E-state index >= 15 is 0 Å². The molecule has 1 N–H and O–H groups in total. The Bertz CT molecular complexity index is 1530. The molecule has 2 atom stereocenters. The van der Waals surface area contributed by atoms with Crippen molar-refractivity contribution >= 4 is 28.7 Å². The predicted octanol–water partition coefficient (Wildman–Crippen LogP) is 3.74. The highest BCUT2D eigenvalue weighted by Crippen LogP contribution is 2.22. The number of nitrogens with one attached hydrogen (secondary N) is 1. The van der Waals surface area contributed by atoms with Crippen molar-refractivity contribution in [2.75, 3.05) is 45.9 Å². The van der Waals surface area contributed by atoms with Crippen molar-refractivity contribution in [3.63, 3.8) is 0 Å². The van der Waals surface area contributed by atoms with Gasteiger partial charge in [-0.15, -0.1) is 0 Å².